The summed E-state index contributed by atoms with van der Waals surface area (Å²) in [5.74, 6) is 0.552. The minimum atomic E-state index is -0.646. The predicted molar refractivity (Wildman–Crippen MR) is 127 cm³/mol. The molecular weight excluding hydrogens is 463 g/mol. The Bertz CT molecular complexity index is 842. The monoisotopic (exact) mass is 486 g/mol. The van der Waals surface area contributed by atoms with Crippen LogP contribution in [0, 0.1) is 0 Å². The molecule has 162 valence electrons. The summed E-state index contributed by atoms with van der Waals surface area (Å²) in [4.78, 5) is 27.1. The van der Waals surface area contributed by atoms with Crippen molar-refractivity contribution in [3.8, 4) is 0 Å². The Balaban J connectivity index is 2.11. The van der Waals surface area contributed by atoms with Gasteiger partial charge in [0.05, 0.1) is 5.75 Å². The van der Waals surface area contributed by atoms with E-state index in [1.165, 1.54) is 16.7 Å². The van der Waals surface area contributed by atoms with Crippen LogP contribution in [0.3, 0.4) is 0 Å². The fourth-order valence-corrected chi connectivity index (χ4v) is 4.27. The zero-order chi connectivity index (χ0) is 22.1. The third-order valence-corrected chi connectivity index (χ3v) is 6.46. The van der Waals surface area contributed by atoms with Gasteiger partial charge in [0.15, 0.2) is 0 Å². The largest absolute Gasteiger partial charge is 0.354 e. The van der Waals surface area contributed by atoms with Crippen molar-refractivity contribution in [2.75, 3.05) is 12.3 Å². The number of thioether (sulfide) groups is 1. The number of amides is 2. The topological polar surface area (TPSA) is 49.4 Å². The second-order valence-electron chi connectivity index (χ2n) is 6.81. The Morgan fingerprint density at radius 3 is 2.30 bits per heavy atom. The number of benzene rings is 2. The Kier molecular flexibility index (Phi) is 10.3. The Morgan fingerprint density at radius 2 is 1.70 bits per heavy atom. The number of halogens is 3. The highest BCUT2D eigenvalue weighted by molar-refractivity contribution is 7.99. The van der Waals surface area contributed by atoms with Crippen molar-refractivity contribution < 1.29 is 9.59 Å². The molecule has 0 saturated carbocycles. The molecule has 0 saturated heterocycles. The maximum atomic E-state index is 13.1. The summed E-state index contributed by atoms with van der Waals surface area (Å²) in [7, 11) is 0. The number of carbonyl (C=O) groups is 2. The van der Waals surface area contributed by atoms with Gasteiger partial charge in [-0.2, -0.15) is 0 Å². The van der Waals surface area contributed by atoms with Crippen LogP contribution >= 0.6 is 46.6 Å². The van der Waals surface area contributed by atoms with Crippen molar-refractivity contribution in [3.63, 3.8) is 0 Å². The van der Waals surface area contributed by atoms with Crippen LogP contribution in [0.5, 0.6) is 0 Å². The summed E-state index contributed by atoms with van der Waals surface area (Å²) in [6.45, 7) is 4.42. The maximum absolute atomic E-state index is 13.1. The quantitative estimate of drug-likeness (QED) is 0.459. The normalized spacial score (nSPS) is 11.8. The van der Waals surface area contributed by atoms with Crippen LogP contribution in [-0.4, -0.2) is 35.1 Å². The smallest absolute Gasteiger partial charge is 0.242 e. The molecule has 1 N–H and O–H groups in total. The van der Waals surface area contributed by atoms with Gasteiger partial charge in [-0.05, 0) is 43.2 Å². The molecule has 0 aromatic heterocycles. The Hall–Kier alpha value is -1.40. The predicted octanol–water partition coefficient (Wildman–Crippen LogP) is 5.82. The lowest BCUT2D eigenvalue weighted by molar-refractivity contribution is -0.138. The Labute approximate surface area is 197 Å². The van der Waals surface area contributed by atoms with Crippen LogP contribution in [0.25, 0.3) is 0 Å². The zero-order valence-electron chi connectivity index (χ0n) is 17.0. The van der Waals surface area contributed by atoms with E-state index in [9.17, 15) is 9.59 Å². The van der Waals surface area contributed by atoms with Crippen LogP contribution in [-0.2, 0) is 21.9 Å². The van der Waals surface area contributed by atoms with E-state index in [-0.39, 0.29) is 24.1 Å². The van der Waals surface area contributed by atoms with E-state index in [2.05, 4.69) is 5.32 Å². The van der Waals surface area contributed by atoms with Gasteiger partial charge >= 0.3 is 0 Å². The van der Waals surface area contributed by atoms with E-state index in [1.807, 2.05) is 31.2 Å². The molecule has 0 aliphatic heterocycles. The van der Waals surface area contributed by atoms with Crippen molar-refractivity contribution in [1.82, 2.24) is 10.2 Å². The second kappa shape index (κ2) is 12.5. The van der Waals surface area contributed by atoms with E-state index in [0.29, 0.717) is 32.9 Å². The van der Waals surface area contributed by atoms with Crippen LogP contribution in [0.2, 0.25) is 15.1 Å². The van der Waals surface area contributed by atoms with Crippen LogP contribution < -0.4 is 5.32 Å². The van der Waals surface area contributed by atoms with Crippen LogP contribution in [0.1, 0.15) is 31.4 Å². The van der Waals surface area contributed by atoms with Crippen molar-refractivity contribution in [2.24, 2.45) is 0 Å². The molecule has 0 aliphatic carbocycles. The lowest BCUT2D eigenvalue weighted by atomic mass is 10.1. The molecule has 0 bridgehead atoms. The van der Waals surface area contributed by atoms with Gasteiger partial charge in [-0.3, -0.25) is 9.59 Å². The van der Waals surface area contributed by atoms with Gasteiger partial charge in [-0.25, -0.2) is 0 Å². The minimum Gasteiger partial charge on any atom is -0.354 e. The summed E-state index contributed by atoms with van der Waals surface area (Å²) >= 11 is 20.0. The lowest BCUT2D eigenvalue weighted by Gasteiger charge is -2.29. The molecule has 0 spiro atoms. The highest BCUT2D eigenvalue weighted by Gasteiger charge is 2.27. The van der Waals surface area contributed by atoms with Crippen molar-refractivity contribution in [1.29, 1.82) is 0 Å². The minimum absolute atomic E-state index is 0.149. The first-order valence-corrected chi connectivity index (χ1v) is 11.9. The summed E-state index contributed by atoms with van der Waals surface area (Å²) in [6, 6.07) is 12.1. The van der Waals surface area contributed by atoms with Gasteiger partial charge in [0, 0.05) is 39.5 Å². The van der Waals surface area contributed by atoms with Crippen LogP contribution in [0.4, 0.5) is 0 Å². The summed E-state index contributed by atoms with van der Waals surface area (Å²) in [5.41, 5.74) is 1.71. The Morgan fingerprint density at radius 1 is 1.07 bits per heavy atom. The third-order valence-electron chi connectivity index (χ3n) is 4.51. The molecule has 1 atom stereocenters. The molecule has 0 heterocycles. The lowest BCUT2D eigenvalue weighted by Crippen LogP contribution is -2.48. The molecule has 8 heteroatoms. The second-order valence-corrected chi connectivity index (χ2v) is 9.04. The number of hydrogen-bond acceptors (Lipinski definition) is 3. The molecule has 0 aliphatic rings. The van der Waals surface area contributed by atoms with Gasteiger partial charge < -0.3 is 10.2 Å². The average molecular weight is 488 g/mol. The molecule has 0 radical (unpaired) electrons. The molecule has 1 unspecified atom stereocenters. The van der Waals surface area contributed by atoms with E-state index < -0.39 is 6.04 Å². The molecule has 2 amide bonds. The SMILES string of the molecule is CCCNC(=O)C(C)N(Cc1c(Cl)cccc1Cl)C(=O)CSCc1ccc(Cl)cc1. The van der Waals surface area contributed by atoms with E-state index >= 15 is 0 Å². The van der Waals surface area contributed by atoms with E-state index in [4.69, 9.17) is 34.8 Å². The summed E-state index contributed by atoms with van der Waals surface area (Å²) in [5, 5.41) is 4.46. The molecule has 2 rings (SSSR count). The fourth-order valence-electron chi connectivity index (χ4n) is 2.75. The van der Waals surface area contributed by atoms with Crippen molar-refractivity contribution >= 4 is 58.4 Å². The van der Waals surface area contributed by atoms with Crippen LogP contribution in [0.15, 0.2) is 42.5 Å². The number of nitrogens with zero attached hydrogens (tertiary/aromatic N) is 1. The summed E-state index contributed by atoms with van der Waals surface area (Å²) in [6.07, 6.45) is 0.819. The zero-order valence-corrected chi connectivity index (χ0v) is 20.0. The average Bonchev–Trinajstić information content (AvgIpc) is 2.72. The fraction of sp³-hybridized carbons (Fsp3) is 0.364. The number of hydrogen-bond donors (Lipinski definition) is 1. The molecule has 4 nitrogen and oxygen atoms in total. The standard InChI is InChI=1S/C22H25Cl3N2O2S/c1-3-11-26-22(29)15(2)27(12-18-19(24)5-4-6-20(18)25)21(28)14-30-13-16-7-9-17(23)10-8-16/h4-10,15H,3,11-14H2,1-2H3,(H,26,29). The first kappa shape index (κ1) is 24.9. The van der Waals surface area contributed by atoms with Crippen molar-refractivity contribution in [2.45, 2.75) is 38.6 Å². The number of rotatable bonds is 10. The first-order chi connectivity index (χ1) is 14.3. The molecule has 2 aromatic carbocycles. The molecule has 2 aromatic rings. The maximum Gasteiger partial charge on any atom is 0.242 e. The highest BCUT2D eigenvalue weighted by atomic mass is 35.5. The highest BCUT2D eigenvalue weighted by Crippen LogP contribution is 2.27. The van der Waals surface area contributed by atoms with Gasteiger partial charge in [0.2, 0.25) is 11.8 Å². The third kappa shape index (κ3) is 7.38. The summed E-state index contributed by atoms with van der Waals surface area (Å²) < 4.78 is 0. The van der Waals surface area contributed by atoms with E-state index in [1.54, 1.807) is 25.1 Å². The van der Waals surface area contributed by atoms with Gasteiger partial charge in [0.25, 0.3) is 0 Å². The molecule has 0 fully saturated rings. The number of carbonyl (C=O) groups excluding carboxylic acids is 2. The van der Waals surface area contributed by atoms with Gasteiger partial charge in [-0.1, -0.05) is 59.9 Å². The molecular formula is C22H25Cl3N2O2S. The van der Waals surface area contributed by atoms with Gasteiger partial charge in [-0.15, -0.1) is 11.8 Å². The van der Waals surface area contributed by atoms with E-state index in [0.717, 1.165) is 12.0 Å². The first-order valence-electron chi connectivity index (χ1n) is 9.65. The number of nitrogens with one attached hydrogen (secondary N) is 1. The molecule has 30 heavy (non-hydrogen) atoms. The van der Waals surface area contributed by atoms with Crippen molar-refractivity contribution in [3.05, 3.63) is 68.7 Å². The van der Waals surface area contributed by atoms with Gasteiger partial charge in [0.1, 0.15) is 6.04 Å².